The van der Waals surface area contributed by atoms with Crippen LogP contribution in [0, 0.1) is 50.2 Å². The second-order valence-electron chi connectivity index (χ2n) is 23.0. The highest BCUT2D eigenvalue weighted by atomic mass is 16.8. The van der Waals surface area contributed by atoms with Gasteiger partial charge >= 0.3 is 5.97 Å². The van der Waals surface area contributed by atoms with Crippen molar-refractivity contribution in [2.24, 2.45) is 50.2 Å². The summed E-state index contributed by atoms with van der Waals surface area (Å²) >= 11 is 0. The Kier molecular flexibility index (Phi) is 12.8. The first-order chi connectivity index (χ1) is 29.4. The van der Waals surface area contributed by atoms with Crippen molar-refractivity contribution in [3.63, 3.8) is 0 Å². The summed E-state index contributed by atoms with van der Waals surface area (Å²) in [6, 6.07) is 0. The molecule has 0 bridgehead atoms. The maximum atomic E-state index is 13.1. The number of ether oxygens (including phenoxy) is 6. The first-order valence-electron chi connectivity index (χ1n) is 23.6. The van der Waals surface area contributed by atoms with E-state index < -0.39 is 109 Å². The second-order valence-corrected chi connectivity index (χ2v) is 23.0. The van der Waals surface area contributed by atoms with Crippen LogP contribution in [0.15, 0.2) is 11.6 Å². The quantitative estimate of drug-likeness (QED) is 0.125. The molecule has 7 fully saturated rings. The molecule has 8 rings (SSSR count). The molecule has 3 aliphatic heterocycles. The highest BCUT2D eigenvalue weighted by molar-refractivity contribution is 5.76. The average Bonchev–Trinajstić information content (AvgIpc) is 3.21. The smallest absolute Gasteiger partial charge is 0.310 e. The molecule has 0 unspecified atom stereocenters. The van der Waals surface area contributed by atoms with E-state index in [1.165, 1.54) is 12.5 Å². The van der Waals surface area contributed by atoms with Gasteiger partial charge in [-0.25, -0.2) is 0 Å². The van der Waals surface area contributed by atoms with Gasteiger partial charge in [-0.15, -0.1) is 0 Å². The van der Waals surface area contributed by atoms with Gasteiger partial charge in [0.2, 0.25) is 0 Å². The number of carboxylic acid groups (broad SMARTS) is 1. The van der Waals surface area contributed by atoms with Crippen LogP contribution in [0.4, 0.5) is 0 Å². The van der Waals surface area contributed by atoms with E-state index in [9.17, 15) is 50.8 Å². The fourth-order valence-corrected chi connectivity index (χ4v) is 14.8. The lowest BCUT2D eigenvalue weighted by molar-refractivity contribution is -0.392. The van der Waals surface area contributed by atoms with E-state index in [0.717, 1.165) is 51.4 Å². The van der Waals surface area contributed by atoms with Crippen molar-refractivity contribution < 1.29 is 79.2 Å². The molecule has 9 N–H and O–H groups in total. The number of carboxylic acids is 1. The zero-order valence-corrected chi connectivity index (χ0v) is 38.3. The summed E-state index contributed by atoms with van der Waals surface area (Å²) in [5.74, 6) is -0.0241. The molecule has 4 saturated carbocycles. The van der Waals surface area contributed by atoms with E-state index in [-0.39, 0.29) is 46.2 Å². The van der Waals surface area contributed by atoms with E-state index in [1.54, 1.807) is 0 Å². The molecule has 0 amide bonds. The SMILES string of the molecule is C[C@H]1O[C@H](O[C@@H]2[C@@H](O[C@@H]3[C@@H](O[C@@H]4CC[C@]5(C)[C@H](CC[C@@]6(C)[C@H]5CC=C5[C@H]7CC(C)(C)CC[C@@]7(C(=O)O)CC[C@@]56C)C4(C)C)OC[C@@H](O)[C@H]3O)O[C@@H](CO)[C@H](O)[C@H]2O)[C@@H](O)[C@@H](O)[C@@H]1O. The molecule has 0 aromatic rings. The molecule has 16 nitrogen and oxygen atoms in total. The highest BCUT2D eigenvalue weighted by Crippen LogP contribution is 2.76. The van der Waals surface area contributed by atoms with Crippen LogP contribution < -0.4 is 0 Å². The maximum Gasteiger partial charge on any atom is 0.310 e. The summed E-state index contributed by atoms with van der Waals surface area (Å²) in [5, 5.41) is 96.7. The van der Waals surface area contributed by atoms with E-state index in [0.29, 0.717) is 18.8 Å². The van der Waals surface area contributed by atoms with Gasteiger partial charge in [0.1, 0.15) is 61.0 Å². The molecular weight excluding hydrogens is 821 g/mol. The molecule has 8 aliphatic rings. The fourth-order valence-electron chi connectivity index (χ4n) is 14.8. The molecule has 360 valence electrons. The highest BCUT2D eigenvalue weighted by Gasteiger charge is 2.70. The fraction of sp³-hybridized carbons (Fsp3) is 0.936. The minimum absolute atomic E-state index is 0.0300. The number of hydrogen-bond acceptors (Lipinski definition) is 15. The van der Waals surface area contributed by atoms with Crippen molar-refractivity contribution in [1.82, 2.24) is 0 Å². The van der Waals surface area contributed by atoms with E-state index in [2.05, 4.69) is 54.5 Å². The van der Waals surface area contributed by atoms with Crippen LogP contribution in [0.1, 0.15) is 120 Å². The first-order valence-corrected chi connectivity index (χ1v) is 23.6. The molecule has 0 radical (unpaired) electrons. The van der Waals surface area contributed by atoms with Gasteiger partial charge in [0.25, 0.3) is 0 Å². The lowest BCUT2D eigenvalue weighted by atomic mass is 9.33. The number of hydrogen-bond donors (Lipinski definition) is 9. The molecule has 3 heterocycles. The van der Waals surface area contributed by atoms with Crippen molar-refractivity contribution in [3.8, 4) is 0 Å². The molecule has 0 aromatic carbocycles. The Labute approximate surface area is 371 Å². The Morgan fingerprint density at radius 2 is 1.38 bits per heavy atom. The number of rotatable bonds is 8. The average molecular weight is 897 g/mol. The Morgan fingerprint density at radius 1 is 0.714 bits per heavy atom. The number of aliphatic hydroxyl groups is 8. The van der Waals surface area contributed by atoms with Gasteiger partial charge in [-0.3, -0.25) is 4.79 Å². The van der Waals surface area contributed by atoms with E-state index in [4.69, 9.17) is 28.4 Å². The monoisotopic (exact) mass is 897 g/mol. The molecule has 63 heavy (non-hydrogen) atoms. The van der Waals surface area contributed by atoms with Crippen molar-refractivity contribution in [2.45, 2.75) is 212 Å². The van der Waals surface area contributed by atoms with Gasteiger partial charge in [-0.05, 0) is 116 Å². The van der Waals surface area contributed by atoms with E-state index in [1.807, 2.05) is 0 Å². The Morgan fingerprint density at radius 3 is 2.06 bits per heavy atom. The minimum Gasteiger partial charge on any atom is -0.481 e. The van der Waals surface area contributed by atoms with Crippen LogP contribution in [0.3, 0.4) is 0 Å². The van der Waals surface area contributed by atoms with Gasteiger partial charge in [-0.1, -0.05) is 60.1 Å². The van der Waals surface area contributed by atoms with Gasteiger partial charge in [0, 0.05) is 0 Å². The van der Waals surface area contributed by atoms with Gasteiger partial charge in [-0.2, -0.15) is 0 Å². The Balaban J connectivity index is 1.03. The summed E-state index contributed by atoms with van der Waals surface area (Å²) in [7, 11) is 0. The predicted octanol–water partition coefficient (Wildman–Crippen LogP) is 2.37. The first kappa shape index (κ1) is 48.1. The van der Waals surface area contributed by atoms with Crippen LogP contribution >= 0.6 is 0 Å². The maximum absolute atomic E-state index is 13.1. The number of fused-ring (bicyclic) bond motifs is 7. The van der Waals surface area contributed by atoms with Crippen molar-refractivity contribution in [1.29, 1.82) is 0 Å². The summed E-state index contributed by atoms with van der Waals surface area (Å²) < 4.78 is 36.7. The summed E-state index contributed by atoms with van der Waals surface area (Å²) in [6.45, 7) is 16.9. The summed E-state index contributed by atoms with van der Waals surface area (Å²) in [5.41, 5.74) is 0.124. The predicted molar refractivity (Wildman–Crippen MR) is 223 cm³/mol. The van der Waals surface area contributed by atoms with Gasteiger partial charge in [0.05, 0.1) is 30.8 Å². The third-order valence-corrected chi connectivity index (χ3v) is 18.9. The zero-order valence-electron chi connectivity index (χ0n) is 38.3. The van der Waals surface area contributed by atoms with Crippen LogP contribution in [0.5, 0.6) is 0 Å². The Hall–Kier alpha value is -1.35. The molecule has 16 heteroatoms. The van der Waals surface area contributed by atoms with Crippen LogP contribution in [-0.2, 0) is 33.2 Å². The number of aliphatic carboxylic acids is 1. The summed E-state index contributed by atoms with van der Waals surface area (Å²) in [6.07, 6.45) is -10.7. The third-order valence-electron chi connectivity index (χ3n) is 18.9. The number of aliphatic hydroxyl groups excluding tert-OH is 8. The largest absolute Gasteiger partial charge is 0.481 e. The van der Waals surface area contributed by atoms with Crippen molar-refractivity contribution >= 4 is 5.97 Å². The topological polar surface area (TPSA) is 255 Å². The van der Waals surface area contributed by atoms with Gasteiger partial charge < -0.3 is 74.4 Å². The number of carbonyl (C=O) groups is 1. The standard InChI is InChI=1S/C47H76O16/c1-22-30(50)33(53)35(55)38(59-22)62-37-34(54)32(52)26(20-48)60-40(37)63-36-31(51)25(49)21-58-39(36)61-29-12-13-44(6)27(43(29,4)5)11-14-46(8)28(44)10-9-23-24-19-42(2,3)15-17-47(24,41(56)57)18-16-45(23,46)7/h9,22,24-40,48-55H,10-21H2,1-8H3,(H,56,57)/t22-,24-,25-,26+,27-,28+,29-,30-,31-,32+,33+,34-,35+,36+,37+,38-,39-,40-,44-,45+,46+,47-/m1/s1. The molecule has 22 atom stereocenters. The number of allylic oxidation sites excluding steroid dienone is 2. The molecule has 0 spiro atoms. The third kappa shape index (κ3) is 7.51. The van der Waals surface area contributed by atoms with Crippen LogP contribution in [0.25, 0.3) is 0 Å². The minimum atomic E-state index is -1.79. The lowest BCUT2D eigenvalue weighted by Gasteiger charge is -2.71. The van der Waals surface area contributed by atoms with Crippen molar-refractivity contribution in [2.75, 3.05) is 13.2 Å². The lowest BCUT2D eigenvalue weighted by Crippen LogP contribution is -2.67. The Bertz CT molecular complexity index is 1720. The van der Waals surface area contributed by atoms with Crippen LogP contribution in [0.2, 0.25) is 0 Å². The van der Waals surface area contributed by atoms with Crippen LogP contribution in [-0.4, -0.2) is 157 Å². The molecule has 5 aliphatic carbocycles. The van der Waals surface area contributed by atoms with E-state index >= 15 is 0 Å². The van der Waals surface area contributed by atoms with Crippen molar-refractivity contribution in [3.05, 3.63) is 11.6 Å². The zero-order chi connectivity index (χ0) is 46.0. The van der Waals surface area contributed by atoms with Gasteiger partial charge in [0.15, 0.2) is 18.9 Å². The summed E-state index contributed by atoms with van der Waals surface area (Å²) in [4.78, 5) is 13.1. The molecular formula is C47H76O16. The normalized spacial score (nSPS) is 54.1. The molecule has 0 aromatic heterocycles. The molecule has 3 saturated heterocycles. The second kappa shape index (κ2) is 16.7.